The van der Waals surface area contributed by atoms with Crippen molar-refractivity contribution < 1.29 is 4.21 Å². The summed E-state index contributed by atoms with van der Waals surface area (Å²) in [5, 5.41) is 3.35. The SMILES string of the molecule is C[S@@](=O)c1cccc(NCC(C)(C)C)c1. The lowest BCUT2D eigenvalue weighted by Crippen LogP contribution is -2.18. The minimum Gasteiger partial charge on any atom is -0.384 e. The van der Waals surface area contributed by atoms with Crippen molar-refractivity contribution in [1.82, 2.24) is 0 Å². The van der Waals surface area contributed by atoms with Crippen LogP contribution in [0, 0.1) is 5.41 Å². The van der Waals surface area contributed by atoms with E-state index in [-0.39, 0.29) is 5.41 Å². The largest absolute Gasteiger partial charge is 0.384 e. The molecule has 0 heterocycles. The van der Waals surface area contributed by atoms with E-state index in [1.54, 1.807) is 6.26 Å². The van der Waals surface area contributed by atoms with Crippen LogP contribution in [0.4, 0.5) is 5.69 Å². The summed E-state index contributed by atoms with van der Waals surface area (Å²) in [6.07, 6.45) is 1.70. The molecule has 3 heteroatoms. The first kappa shape index (κ1) is 12.2. The van der Waals surface area contributed by atoms with Gasteiger partial charge < -0.3 is 5.32 Å². The van der Waals surface area contributed by atoms with Crippen LogP contribution in [-0.4, -0.2) is 17.0 Å². The number of anilines is 1. The normalized spacial score (nSPS) is 13.6. The molecule has 0 bridgehead atoms. The fraction of sp³-hybridized carbons (Fsp3) is 0.500. The molecule has 1 atom stereocenters. The maximum absolute atomic E-state index is 11.3. The van der Waals surface area contributed by atoms with Gasteiger partial charge in [0.05, 0.1) is 0 Å². The van der Waals surface area contributed by atoms with E-state index < -0.39 is 10.8 Å². The molecule has 0 aromatic heterocycles. The molecule has 0 aliphatic rings. The monoisotopic (exact) mass is 225 g/mol. The van der Waals surface area contributed by atoms with Gasteiger partial charge in [0.25, 0.3) is 0 Å². The number of benzene rings is 1. The van der Waals surface area contributed by atoms with E-state index in [0.717, 1.165) is 17.1 Å². The van der Waals surface area contributed by atoms with Gasteiger partial charge in [0.2, 0.25) is 0 Å². The Morgan fingerprint density at radius 1 is 1.33 bits per heavy atom. The van der Waals surface area contributed by atoms with E-state index in [0.29, 0.717) is 0 Å². The Hall–Kier alpha value is -0.830. The fourth-order valence-corrected chi connectivity index (χ4v) is 1.72. The molecule has 0 amide bonds. The first-order valence-electron chi connectivity index (χ1n) is 5.06. The summed E-state index contributed by atoms with van der Waals surface area (Å²) in [7, 11) is -0.904. The molecule has 1 N–H and O–H groups in total. The molecular weight excluding hydrogens is 206 g/mol. The molecule has 1 aromatic carbocycles. The zero-order chi connectivity index (χ0) is 11.5. The zero-order valence-electron chi connectivity index (χ0n) is 9.83. The lowest BCUT2D eigenvalue weighted by molar-refractivity contribution is 0.443. The van der Waals surface area contributed by atoms with Crippen molar-refractivity contribution in [2.45, 2.75) is 25.7 Å². The lowest BCUT2D eigenvalue weighted by atomic mass is 9.97. The van der Waals surface area contributed by atoms with E-state index in [2.05, 4.69) is 26.1 Å². The third-order valence-electron chi connectivity index (χ3n) is 1.99. The minimum absolute atomic E-state index is 0.251. The second kappa shape index (κ2) is 4.79. The maximum Gasteiger partial charge on any atom is 0.0498 e. The van der Waals surface area contributed by atoms with Gasteiger partial charge in [-0.15, -0.1) is 0 Å². The van der Waals surface area contributed by atoms with Crippen LogP contribution >= 0.6 is 0 Å². The molecule has 0 unspecified atom stereocenters. The Labute approximate surface area is 94.5 Å². The highest BCUT2D eigenvalue weighted by Crippen LogP contribution is 2.17. The van der Waals surface area contributed by atoms with Gasteiger partial charge in [-0.3, -0.25) is 4.21 Å². The highest BCUT2D eigenvalue weighted by molar-refractivity contribution is 7.84. The molecule has 0 aliphatic heterocycles. The van der Waals surface area contributed by atoms with Gasteiger partial charge in [-0.05, 0) is 23.6 Å². The molecule has 0 saturated carbocycles. The highest BCUT2D eigenvalue weighted by Gasteiger charge is 2.09. The van der Waals surface area contributed by atoms with Gasteiger partial charge in [0.15, 0.2) is 0 Å². The molecule has 0 spiro atoms. The second-order valence-corrected chi connectivity index (χ2v) is 6.28. The predicted octanol–water partition coefficient (Wildman–Crippen LogP) is 2.88. The standard InChI is InChI=1S/C12H19NOS/c1-12(2,3)9-13-10-6-5-7-11(8-10)15(4)14/h5-8,13H,9H2,1-4H3/t15-/m1/s1. The van der Waals surface area contributed by atoms with E-state index in [4.69, 9.17) is 0 Å². The van der Waals surface area contributed by atoms with Gasteiger partial charge in [-0.25, -0.2) is 0 Å². The number of rotatable bonds is 3. The summed E-state index contributed by atoms with van der Waals surface area (Å²) in [6.45, 7) is 7.46. The van der Waals surface area contributed by atoms with Crippen LogP contribution in [-0.2, 0) is 10.8 Å². The summed E-state index contributed by atoms with van der Waals surface area (Å²) >= 11 is 0. The molecule has 15 heavy (non-hydrogen) atoms. The second-order valence-electron chi connectivity index (χ2n) is 4.90. The van der Waals surface area contributed by atoms with E-state index in [1.807, 2.05) is 24.3 Å². The first-order valence-corrected chi connectivity index (χ1v) is 6.62. The third kappa shape index (κ3) is 4.47. The Morgan fingerprint density at radius 2 is 2.00 bits per heavy atom. The highest BCUT2D eigenvalue weighted by atomic mass is 32.2. The summed E-state index contributed by atoms with van der Waals surface area (Å²) in [5.41, 5.74) is 1.29. The quantitative estimate of drug-likeness (QED) is 0.857. The van der Waals surface area contributed by atoms with Gasteiger partial charge in [-0.1, -0.05) is 26.8 Å². The van der Waals surface area contributed by atoms with Gasteiger partial charge >= 0.3 is 0 Å². The fourth-order valence-electron chi connectivity index (χ4n) is 1.15. The van der Waals surface area contributed by atoms with Crippen molar-refractivity contribution in [3.8, 4) is 0 Å². The van der Waals surface area contributed by atoms with Crippen LogP contribution in [0.5, 0.6) is 0 Å². The number of nitrogens with one attached hydrogen (secondary N) is 1. The van der Waals surface area contributed by atoms with Crippen molar-refractivity contribution >= 4 is 16.5 Å². The van der Waals surface area contributed by atoms with E-state index in [9.17, 15) is 4.21 Å². The van der Waals surface area contributed by atoms with Crippen molar-refractivity contribution in [3.05, 3.63) is 24.3 Å². The third-order valence-corrected chi connectivity index (χ3v) is 2.91. The molecule has 84 valence electrons. The van der Waals surface area contributed by atoms with Gasteiger partial charge in [0.1, 0.15) is 0 Å². The van der Waals surface area contributed by atoms with E-state index in [1.165, 1.54) is 0 Å². The number of hydrogen-bond donors (Lipinski definition) is 1. The van der Waals surface area contributed by atoms with Crippen LogP contribution in [0.15, 0.2) is 29.2 Å². The Bertz CT molecular complexity index is 355. The molecular formula is C12H19NOS. The average Bonchev–Trinajstić information content (AvgIpc) is 2.14. The predicted molar refractivity (Wildman–Crippen MR) is 66.7 cm³/mol. The van der Waals surface area contributed by atoms with Crippen molar-refractivity contribution in [2.75, 3.05) is 18.1 Å². The van der Waals surface area contributed by atoms with Crippen molar-refractivity contribution in [2.24, 2.45) is 5.41 Å². The van der Waals surface area contributed by atoms with Crippen LogP contribution in [0.3, 0.4) is 0 Å². The molecule has 0 saturated heterocycles. The Kier molecular flexibility index (Phi) is 3.91. The van der Waals surface area contributed by atoms with Crippen molar-refractivity contribution in [3.63, 3.8) is 0 Å². The smallest absolute Gasteiger partial charge is 0.0498 e. The van der Waals surface area contributed by atoms with Gasteiger partial charge in [0, 0.05) is 34.2 Å². The minimum atomic E-state index is -0.904. The molecule has 0 radical (unpaired) electrons. The summed E-state index contributed by atoms with van der Waals surface area (Å²) < 4.78 is 11.3. The molecule has 0 fully saturated rings. The van der Waals surface area contributed by atoms with Crippen LogP contribution in [0.25, 0.3) is 0 Å². The average molecular weight is 225 g/mol. The summed E-state index contributed by atoms with van der Waals surface area (Å²) in [5.74, 6) is 0. The maximum atomic E-state index is 11.3. The van der Waals surface area contributed by atoms with E-state index >= 15 is 0 Å². The number of hydrogen-bond acceptors (Lipinski definition) is 2. The topological polar surface area (TPSA) is 29.1 Å². The Morgan fingerprint density at radius 3 is 2.53 bits per heavy atom. The first-order chi connectivity index (χ1) is 6.88. The zero-order valence-corrected chi connectivity index (χ0v) is 10.6. The molecule has 0 aliphatic carbocycles. The van der Waals surface area contributed by atoms with Crippen molar-refractivity contribution in [1.29, 1.82) is 0 Å². The summed E-state index contributed by atoms with van der Waals surface area (Å²) in [4.78, 5) is 0.869. The molecule has 1 rings (SSSR count). The Balaban J connectivity index is 2.70. The van der Waals surface area contributed by atoms with Crippen LogP contribution in [0.2, 0.25) is 0 Å². The van der Waals surface area contributed by atoms with Gasteiger partial charge in [-0.2, -0.15) is 0 Å². The molecule has 1 aromatic rings. The van der Waals surface area contributed by atoms with Crippen LogP contribution in [0.1, 0.15) is 20.8 Å². The summed E-state index contributed by atoms with van der Waals surface area (Å²) in [6, 6.07) is 7.77. The lowest BCUT2D eigenvalue weighted by Gasteiger charge is -2.19. The molecule has 2 nitrogen and oxygen atoms in total. The van der Waals surface area contributed by atoms with Crippen LogP contribution < -0.4 is 5.32 Å².